The van der Waals surface area contributed by atoms with E-state index in [4.69, 9.17) is 33.0 Å². The molecule has 4 rings (SSSR count). The van der Waals surface area contributed by atoms with Crippen molar-refractivity contribution < 1.29 is 19.4 Å². The number of aromatic amines is 2. The third kappa shape index (κ3) is 4.82. The standard InChI is InChI=1S/C12H10ClNO3.C10H6ClNO3/c1-2-17-12(16)9-6-14-10-4-3-7(13)5-8(10)11(9)15;11-5-1-2-8-6(3-5)9(13)7(4-12-8)10(14)15/h3-6H,2H2,1H3,(H,14,15);1-4H,(H,12,13)(H,14,15). The molecule has 0 aliphatic carbocycles. The number of esters is 1. The number of carbonyl (C=O) groups excluding carboxylic acids is 1. The van der Waals surface area contributed by atoms with Crippen molar-refractivity contribution in [2.75, 3.05) is 6.61 Å². The first-order valence-electron chi connectivity index (χ1n) is 9.25. The van der Waals surface area contributed by atoms with Gasteiger partial charge in [0.05, 0.1) is 6.61 Å². The zero-order valence-electron chi connectivity index (χ0n) is 16.6. The summed E-state index contributed by atoms with van der Waals surface area (Å²) in [6.45, 7) is 1.91. The van der Waals surface area contributed by atoms with Gasteiger partial charge in [-0.2, -0.15) is 0 Å². The van der Waals surface area contributed by atoms with Gasteiger partial charge in [0.2, 0.25) is 10.9 Å². The summed E-state index contributed by atoms with van der Waals surface area (Å²) in [4.78, 5) is 51.5. The third-order valence-electron chi connectivity index (χ3n) is 4.41. The number of H-pyrrole nitrogens is 2. The Morgan fingerprint density at radius 3 is 1.81 bits per heavy atom. The highest BCUT2D eigenvalue weighted by atomic mass is 35.5. The minimum atomic E-state index is -1.25. The lowest BCUT2D eigenvalue weighted by Gasteiger charge is -2.03. The topological polar surface area (TPSA) is 129 Å². The Bertz CT molecular complexity index is 1460. The molecule has 0 spiro atoms. The molecule has 0 amide bonds. The van der Waals surface area contributed by atoms with Gasteiger partial charge < -0.3 is 19.8 Å². The molecule has 164 valence electrons. The van der Waals surface area contributed by atoms with E-state index in [0.29, 0.717) is 26.5 Å². The highest BCUT2D eigenvalue weighted by Gasteiger charge is 2.14. The number of hydrogen-bond donors (Lipinski definition) is 3. The lowest BCUT2D eigenvalue weighted by molar-refractivity contribution is 0.0524. The molecular weight excluding hydrogens is 459 g/mol. The normalized spacial score (nSPS) is 10.5. The first-order chi connectivity index (χ1) is 15.2. The third-order valence-corrected chi connectivity index (χ3v) is 4.88. The van der Waals surface area contributed by atoms with E-state index in [1.807, 2.05) is 0 Å². The molecule has 0 aliphatic heterocycles. The first kappa shape index (κ1) is 23.1. The van der Waals surface area contributed by atoms with E-state index in [9.17, 15) is 19.2 Å². The number of ether oxygens (including phenoxy) is 1. The average molecular weight is 475 g/mol. The molecule has 0 bridgehead atoms. The van der Waals surface area contributed by atoms with Crippen LogP contribution in [-0.4, -0.2) is 33.6 Å². The predicted octanol–water partition coefficient (Wildman–Crippen LogP) is 4.24. The maximum absolute atomic E-state index is 12.0. The zero-order valence-corrected chi connectivity index (χ0v) is 18.1. The van der Waals surface area contributed by atoms with Gasteiger partial charge in [-0.15, -0.1) is 0 Å². The summed E-state index contributed by atoms with van der Waals surface area (Å²) in [5.41, 5.74) is -0.00770. The molecule has 0 fully saturated rings. The van der Waals surface area contributed by atoms with Gasteiger partial charge >= 0.3 is 11.9 Å². The second kappa shape index (κ2) is 9.67. The van der Waals surface area contributed by atoms with Crippen LogP contribution in [0.5, 0.6) is 0 Å². The van der Waals surface area contributed by atoms with Crippen LogP contribution in [0.3, 0.4) is 0 Å². The van der Waals surface area contributed by atoms with Crippen LogP contribution < -0.4 is 10.9 Å². The van der Waals surface area contributed by atoms with Gasteiger partial charge in [0.25, 0.3) is 0 Å². The van der Waals surface area contributed by atoms with Crippen molar-refractivity contribution in [2.24, 2.45) is 0 Å². The first-order valence-corrected chi connectivity index (χ1v) is 10.0. The number of rotatable bonds is 3. The van der Waals surface area contributed by atoms with Crippen LogP contribution >= 0.6 is 23.2 Å². The predicted molar refractivity (Wildman–Crippen MR) is 122 cm³/mol. The molecule has 0 unspecified atom stereocenters. The number of benzene rings is 2. The molecule has 8 nitrogen and oxygen atoms in total. The van der Waals surface area contributed by atoms with Crippen molar-refractivity contribution >= 4 is 56.9 Å². The minimum Gasteiger partial charge on any atom is -0.477 e. The zero-order chi connectivity index (χ0) is 23.4. The van der Waals surface area contributed by atoms with Crippen molar-refractivity contribution in [1.82, 2.24) is 9.97 Å². The number of carbonyl (C=O) groups is 2. The Labute approximate surface area is 190 Å². The number of pyridine rings is 2. The quantitative estimate of drug-likeness (QED) is 0.380. The van der Waals surface area contributed by atoms with E-state index in [2.05, 4.69) is 9.97 Å². The Kier molecular flexibility index (Phi) is 6.97. The summed E-state index contributed by atoms with van der Waals surface area (Å²) in [6, 6.07) is 9.59. The molecule has 2 aromatic carbocycles. The number of carboxylic acid groups (broad SMARTS) is 1. The van der Waals surface area contributed by atoms with E-state index in [1.165, 1.54) is 24.5 Å². The number of aromatic nitrogens is 2. The van der Waals surface area contributed by atoms with Gasteiger partial charge in [0.1, 0.15) is 11.1 Å². The van der Waals surface area contributed by atoms with Crippen LogP contribution in [0.1, 0.15) is 27.6 Å². The number of halogens is 2. The van der Waals surface area contributed by atoms with Gasteiger partial charge in [0.15, 0.2) is 0 Å². The second-order valence-electron chi connectivity index (χ2n) is 6.47. The van der Waals surface area contributed by atoms with Crippen molar-refractivity contribution in [2.45, 2.75) is 6.92 Å². The summed E-state index contributed by atoms with van der Waals surface area (Å²) in [7, 11) is 0. The minimum absolute atomic E-state index is 0.0124. The van der Waals surface area contributed by atoms with Gasteiger partial charge in [-0.25, -0.2) is 9.59 Å². The fourth-order valence-electron chi connectivity index (χ4n) is 2.90. The molecular formula is C22H16Cl2N2O6. The van der Waals surface area contributed by atoms with E-state index < -0.39 is 17.4 Å². The maximum Gasteiger partial charge on any atom is 0.343 e. The monoisotopic (exact) mass is 474 g/mol. The Morgan fingerprint density at radius 2 is 1.34 bits per heavy atom. The SMILES string of the molecule is CCOC(=O)c1c[nH]c2ccc(Cl)cc2c1=O.O=C(O)c1c[nH]c2ccc(Cl)cc2c1=O. The molecule has 10 heteroatoms. The summed E-state index contributed by atoms with van der Waals surface area (Å²) in [5, 5.41) is 10.2. The Hall–Kier alpha value is -3.62. The fourth-order valence-corrected chi connectivity index (χ4v) is 3.25. The van der Waals surface area contributed by atoms with Crippen molar-refractivity contribution in [1.29, 1.82) is 0 Å². The van der Waals surface area contributed by atoms with E-state index in [0.717, 1.165) is 0 Å². The van der Waals surface area contributed by atoms with Crippen LogP contribution in [0.15, 0.2) is 58.4 Å². The molecule has 2 aromatic heterocycles. The van der Waals surface area contributed by atoms with Crippen molar-refractivity contribution in [3.63, 3.8) is 0 Å². The molecule has 0 atom stereocenters. The highest BCUT2D eigenvalue weighted by Crippen LogP contribution is 2.16. The molecule has 0 radical (unpaired) electrons. The van der Waals surface area contributed by atoms with E-state index >= 15 is 0 Å². The van der Waals surface area contributed by atoms with Crippen LogP contribution in [0.25, 0.3) is 21.8 Å². The largest absolute Gasteiger partial charge is 0.477 e. The number of nitrogens with one attached hydrogen (secondary N) is 2. The summed E-state index contributed by atoms with van der Waals surface area (Å²) < 4.78 is 4.80. The molecule has 3 N–H and O–H groups in total. The van der Waals surface area contributed by atoms with Crippen LogP contribution in [0.4, 0.5) is 0 Å². The number of aromatic carboxylic acids is 1. The summed E-state index contributed by atoms with van der Waals surface area (Å²) in [6.07, 6.45) is 2.54. The number of fused-ring (bicyclic) bond motifs is 2. The molecule has 32 heavy (non-hydrogen) atoms. The molecule has 0 aliphatic rings. The van der Waals surface area contributed by atoms with Gasteiger partial charge in [-0.05, 0) is 43.3 Å². The average Bonchev–Trinajstić information content (AvgIpc) is 2.75. The van der Waals surface area contributed by atoms with Crippen molar-refractivity contribution in [3.8, 4) is 0 Å². The van der Waals surface area contributed by atoms with Gasteiger partial charge in [-0.1, -0.05) is 23.2 Å². The highest BCUT2D eigenvalue weighted by molar-refractivity contribution is 6.31. The number of hydrogen-bond acceptors (Lipinski definition) is 5. The van der Waals surface area contributed by atoms with Crippen LogP contribution in [0, 0.1) is 0 Å². The Balaban J connectivity index is 0.000000182. The smallest absolute Gasteiger partial charge is 0.343 e. The lowest BCUT2D eigenvalue weighted by Crippen LogP contribution is -2.18. The van der Waals surface area contributed by atoms with E-state index in [1.54, 1.807) is 31.2 Å². The summed E-state index contributed by atoms with van der Waals surface area (Å²) >= 11 is 11.5. The van der Waals surface area contributed by atoms with Crippen molar-refractivity contribution in [3.05, 3.63) is 90.4 Å². The molecule has 0 saturated carbocycles. The fraction of sp³-hybridized carbons (Fsp3) is 0.0909. The van der Waals surface area contributed by atoms with Crippen LogP contribution in [-0.2, 0) is 4.74 Å². The molecule has 2 heterocycles. The second-order valence-corrected chi connectivity index (χ2v) is 7.34. The van der Waals surface area contributed by atoms with Gasteiger partial charge in [0, 0.05) is 44.2 Å². The lowest BCUT2D eigenvalue weighted by atomic mass is 10.1. The molecule has 4 aromatic rings. The maximum atomic E-state index is 12.0. The van der Waals surface area contributed by atoms with Crippen LogP contribution in [0.2, 0.25) is 10.0 Å². The van der Waals surface area contributed by atoms with Gasteiger partial charge in [-0.3, -0.25) is 9.59 Å². The number of carboxylic acids is 1. The summed E-state index contributed by atoms with van der Waals surface area (Å²) in [5.74, 6) is -1.88. The Morgan fingerprint density at radius 1 is 0.875 bits per heavy atom. The van der Waals surface area contributed by atoms with E-state index in [-0.39, 0.29) is 28.5 Å². The molecule has 0 saturated heterocycles.